The molecule has 3 heteroatoms. The van der Waals surface area contributed by atoms with Gasteiger partial charge in [-0.25, -0.2) is 8.78 Å². The van der Waals surface area contributed by atoms with Crippen molar-refractivity contribution in [1.29, 1.82) is 0 Å². The summed E-state index contributed by atoms with van der Waals surface area (Å²) in [7, 11) is 0. The Hall–Kier alpha value is -1.22. The van der Waals surface area contributed by atoms with Crippen molar-refractivity contribution >= 4 is 5.57 Å². The molecule has 0 amide bonds. The monoisotopic (exact) mass is 252 g/mol. The molecule has 0 heterocycles. The lowest BCUT2D eigenvalue weighted by molar-refractivity contribution is 0.0488. The van der Waals surface area contributed by atoms with Gasteiger partial charge in [0.15, 0.2) is 11.6 Å². The average Bonchev–Trinajstić information content (AvgIpc) is 2.40. The van der Waals surface area contributed by atoms with Crippen LogP contribution in [0.2, 0.25) is 0 Å². The summed E-state index contributed by atoms with van der Waals surface area (Å²) < 4.78 is 32.4. The minimum absolute atomic E-state index is 0.227. The van der Waals surface area contributed by atoms with Crippen molar-refractivity contribution in [2.45, 2.75) is 38.7 Å². The van der Waals surface area contributed by atoms with E-state index in [1.807, 2.05) is 6.08 Å². The van der Waals surface area contributed by atoms with Gasteiger partial charge >= 0.3 is 0 Å². The Bertz CT molecular complexity index is 440. The van der Waals surface area contributed by atoms with Crippen molar-refractivity contribution in [2.24, 2.45) is 0 Å². The number of hydrogen-bond donors (Lipinski definition) is 0. The highest BCUT2D eigenvalue weighted by Gasteiger charge is 2.18. The van der Waals surface area contributed by atoms with Gasteiger partial charge in [0.05, 0.1) is 6.10 Å². The maximum atomic E-state index is 13.6. The molecule has 0 spiro atoms. The van der Waals surface area contributed by atoms with E-state index in [0.717, 1.165) is 43.9 Å². The Morgan fingerprint density at radius 2 is 2.17 bits per heavy atom. The summed E-state index contributed by atoms with van der Waals surface area (Å²) in [5.74, 6) is -1.52. The predicted molar refractivity (Wildman–Crippen MR) is 68.2 cm³/mol. The van der Waals surface area contributed by atoms with Crippen LogP contribution in [-0.2, 0) is 4.74 Å². The third kappa shape index (κ3) is 2.96. The zero-order chi connectivity index (χ0) is 13.0. The molecule has 0 radical (unpaired) electrons. The summed E-state index contributed by atoms with van der Waals surface area (Å²) in [6, 6.07) is 4.33. The van der Waals surface area contributed by atoms with Gasteiger partial charge in [0.1, 0.15) is 0 Å². The fourth-order valence-corrected chi connectivity index (χ4v) is 2.24. The Balaban J connectivity index is 2.07. The summed E-state index contributed by atoms with van der Waals surface area (Å²) in [6.07, 6.45) is 5.61. The molecule has 18 heavy (non-hydrogen) atoms. The van der Waals surface area contributed by atoms with Crippen molar-refractivity contribution in [2.75, 3.05) is 6.61 Å². The van der Waals surface area contributed by atoms with Gasteiger partial charge in [-0.2, -0.15) is 0 Å². The summed E-state index contributed by atoms with van der Waals surface area (Å²) in [4.78, 5) is 0. The summed E-state index contributed by atoms with van der Waals surface area (Å²) in [5, 5.41) is 0. The van der Waals surface area contributed by atoms with Crippen molar-refractivity contribution in [3.8, 4) is 0 Å². The zero-order valence-electron chi connectivity index (χ0n) is 10.6. The molecule has 0 aromatic heterocycles. The topological polar surface area (TPSA) is 9.23 Å². The van der Waals surface area contributed by atoms with Crippen LogP contribution in [0.1, 0.15) is 38.2 Å². The molecule has 1 aliphatic rings. The number of halogens is 2. The third-order valence-corrected chi connectivity index (χ3v) is 3.22. The van der Waals surface area contributed by atoms with Crippen molar-refractivity contribution < 1.29 is 13.5 Å². The fraction of sp³-hybridized carbons (Fsp3) is 0.467. The van der Waals surface area contributed by atoms with E-state index in [1.54, 1.807) is 12.1 Å². The smallest absolute Gasteiger partial charge is 0.166 e. The first kappa shape index (κ1) is 13.2. The van der Waals surface area contributed by atoms with E-state index in [0.29, 0.717) is 5.56 Å². The quantitative estimate of drug-likeness (QED) is 0.775. The molecule has 0 bridgehead atoms. The van der Waals surface area contributed by atoms with Crippen molar-refractivity contribution in [3.05, 3.63) is 41.5 Å². The molecule has 1 nitrogen and oxygen atoms in total. The number of benzene rings is 1. The predicted octanol–water partition coefficient (Wildman–Crippen LogP) is 4.33. The van der Waals surface area contributed by atoms with Gasteiger partial charge < -0.3 is 4.74 Å². The molecule has 1 atom stereocenters. The first-order valence-corrected chi connectivity index (χ1v) is 6.47. The molecule has 2 rings (SSSR count). The maximum absolute atomic E-state index is 13.6. The van der Waals surface area contributed by atoms with Gasteiger partial charge in [-0.1, -0.05) is 25.1 Å². The summed E-state index contributed by atoms with van der Waals surface area (Å²) in [6.45, 7) is 2.84. The van der Waals surface area contributed by atoms with E-state index in [2.05, 4.69) is 6.92 Å². The number of ether oxygens (including phenoxy) is 1. The van der Waals surface area contributed by atoms with Crippen LogP contribution in [0.25, 0.3) is 5.57 Å². The zero-order valence-corrected chi connectivity index (χ0v) is 10.6. The number of hydrogen-bond acceptors (Lipinski definition) is 1. The molecule has 1 aromatic carbocycles. The highest BCUT2D eigenvalue weighted by molar-refractivity contribution is 5.66. The van der Waals surface area contributed by atoms with Gasteiger partial charge in [-0.05, 0) is 37.3 Å². The van der Waals surface area contributed by atoms with Crippen LogP contribution in [0.4, 0.5) is 8.78 Å². The normalized spacial score (nSPS) is 19.7. The van der Waals surface area contributed by atoms with E-state index in [-0.39, 0.29) is 6.10 Å². The Morgan fingerprint density at radius 3 is 2.83 bits per heavy atom. The standard InChI is InChI=1S/C15H18F2O/c1-2-10-18-12-8-6-11(7-9-12)13-4-3-5-14(16)15(13)17/h3-6,12H,2,7-10H2,1H3. The summed E-state index contributed by atoms with van der Waals surface area (Å²) in [5.41, 5.74) is 1.28. The van der Waals surface area contributed by atoms with E-state index in [1.165, 1.54) is 0 Å². The van der Waals surface area contributed by atoms with Crippen LogP contribution in [0.5, 0.6) is 0 Å². The summed E-state index contributed by atoms with van der Waals surface area (Å²) >= 11 is 0. The van der Waals surface area contributed by atoms with Gasteiger partial charge in [-0.15, -0.1) is 0 Å². The molecule has 0 saturated carbocycles. The van der Waals surface area contributed by atoms with Crippen LogP contribution in [0, 0.1) is 11.6 Å². The van der Waals surface area contributed by atoms with Gasteiger partial charge in [0, 0.05) is 12.2 Å². The highest BCUT2D eigenvalue weighted by atomic mass is 19.2. The number of allylic oxidation sites excluding steroid dienone is 1. The first-order valence-electron chi connectivity index (χ1n) is 6.47. The molecule has 1 aliphatic carbocycles. The van der Waals surface area contributed by atoms with Crippen LogP contribution in [0.3, 0.4) is 0 Å². The second-order valence-electron chi connectivity index (χ2n) is 4.60. The maximum Gasteiger partial charge on any atom is 0.166 e. The molecule has 0 aliphatic heterocycles. The molecule has 1 aromatic rings. The van der Waals surface area contributed by atoms with E-state index in [9.17, 15) is 8.78 Å². The SMILES string of the molecule is CCCOC1CC=C(c2cccc(F)c2F)CC1. The molecular weight excluding hydrogens is 234 g/mol. The van der Waals surface area contributed by atoms with E-state index >= 15 is 0 Å². The van der Waals surface area contributed by atoms with E-state index < -0.39 is 11.6 Å². The first-order chi connectivity index (χ1) is 8.72. The van der Waals surface area contributed by atoms with Gasteiger partial charge in [-0.3, -0.25) is 0 Å². The van der Waals surface area contributed by atoms with Gasteiger partial charge in [0.25, 0.3) is 0 Å². The Morgan fingerprint density at radius 1 is 1.33 bits per heavy atom. The average molecular weight is 252 g/mol. The van der Waals surface area contributed by atoms with Crippen LogP contribution < -0.4 is 0 Å². The van der Waals surface area contributed by atoms with Crippen LogP contribution >= 0.6 is 0 Å². The fourth-order valence-electron chi connectivity index (χ4n) is 2.24. The van der Waals surface area contributed by atoms with Crippen LogP contribution in [0.15, 0.2) is 24.3 Å². The van der Waals surface area contributed by atoms with Gasteiger partial charge in [0.2, 0.25) is 0 Å². The second-order valence-corrected chi connectivity index (χ2v) is 4.60. The molecular formula is C15H18F2O. The number of rotatable bonds is 4. The molecule has 0 N–H and O–H groups in total. The molecule has 0 saturated heterocycles. The minimum atomic E-state index is -0.780. The molecule has 0 fully saturated rings. The Labute approximate surface area is 106 Å². The second kappa shape index (κ2) is 6.10. The van der Waals surface area contributed by atoms with Crippen LogP contribution in [-0.4, -0.2) is 12.7 Å². The lowest BCUT2D eigenvalue weighted by Gasteiger charge is -2.22. The van der Waals surface area contributed by atoms with Crippen molar-refractivity contribution in [3.63, 3.8) is 0 Å². The molecule has 1 unspecified atom stereocenters. The van der Waals surface area contributed by atoms with Crippen molar-refractivity contribution in [1.82, 2.24) is 0 Å². The Kier molecular flexibility index (Phi) is 4.48. The lowest BCUT2D eigenvalue weighted by Crippen LogP contribution is -2.16. The van der Waals surface area contributed by atoms with E-state index in [4.69, 9.17) is 4.74 Å². The lowest BCUT2D eigenvalue weighted by atomic mass is 9.91. The third-order valence-electron chi connectivity index (χ3n) is 3.22. The largest absolute Gasteiger partial charge is 0.378 e. The highest BCUT2D eigenvalue weighted by Crippen LogP contribution is 2.30. The minimum Gasteiger partial charge on any atom is -0.378 e. The molecule has 98 valence electrons.